The number of nitrogens with zero attached hydrogens (tertiary/aromatic N) is 1. The number of hydrogen-bond donors (Lipinski definition) is 0. The average molecular weight is 273 g/mol. The Kier molecular flexibility index (Phi) is 3.95. The molecule has 0 aliphatic rings. The van der Waals surface area contributed by atoms with E-state index in [4.69, 9.17) is 9.47 Å². The van der Waals surface area contributed by atoms with E-state index in [1.54, 1.807) is 24.3 Å². The Bertz CT molecular complexity index is 637. The molecule has 0 saturated carbocycles. The van der Waals surface area contributed by atoms with Gasteiger partial charge in [0.1, 0.15) is 12.0 Å². The van der Waals surface area contributed by atoms with Crippen molar-refractivity contribution in [2.75, 3.05) is 7.11 Å². The van der Waals surface area contributed by atoms with Crippen molar-refractivity contribution < 1.29 is 19.2 Å². The van der Waals surface area contributed by atoms with Crippen molar-refractivity contribution in [2.45, 2.75) is 0 Å². The zero-order chi connectivity index (χ0) is 14.5. The third-order valence-electron chi connectivity index (χ3n) is 2.60. The first-order chi connectivity index (χ1) is 9.63. The van der Waals surface area contributed by atoms with Gasteiger partial charge in [0.05, 0.1) is 18.1 Å². The molecule has 0 fully saturated rings. The standard InChI is InChI=1S/C14H11NO5/c1-19-14-8-11(15(17)18)4-7-13(14)20-12-5-2-10(9-16)3-6-12/h2-9H,1H3. The number of non-ortho nitro benzene ring substituents is 1. The molecule has 0 aliphatic heterocycles. The maximum atomic E-state index is 10.7. The first-order valence-corrected chi connectivity index (χ1v) is 5.69. The lowest BCUT2D eigenvalue weighted by Crippen LogP contribution is -1.93. The van der Waals surface area contributed by atoms with Crippen molar-refractivity contribution in [3.8, 4) is 17.2 Å². The smallest absolute Gasteiger partial charge is 0.273 e. The molecule has 0 spiro atoms. The minimum absolute atomic E-state index is 0.0782. The summed E-state index contributed by atoms with van der Waals surface area (Å²) in [4.78, 5) is 20.7. The van der Waals surface area contributed by atoms with E-state index in [1.165, 1.54) is 25.3 Å². The molecule has 2 aromatic carbocycles. The lowest BCUT2D eigenvalue weighted by molar-refractivity contribution is -0.384. The summed E-state index contributed by atoms with van der Waals surface area (Å²) in [5.41, 5.74) is 0.457. The van der Waals surface area contributed by atoms with Crippen molar-refractivity contribution in [1.29, 1.82) is 0 Å². The fourth-order valence-electron chi connectivity index (χ4n) is 1.60. The topological polar surface area (TPSA) is 78.7 Å². The highest BCUT2D eigenvalue weighted by Crippen LogP contribution is 2.34. The van der Waals surface area contributed by atoms with E-state index >= 15 is 0 Å². The maximum Gasteiger partial charge on any atom is 0.273 e. The molecule has 0 aliphatic carbocycles. The van der Waals surface area contributed by atoms with E-state index in [0.29, 0.717) is 17.1 Å². The quantitative estimate of drug-likeness (QED) is 0.475. The molecule has 0 radical (unpaired) electrons. The molecule has 6 nitrogen and oxygen atoms in total. The summed E-state index contributed by atoms with van der Waals surface area (Å²) in [6.45, 7) is 0. The number of aldehydes is 1. The van der Waals surface area contributed by atoms with Gasteiger partial charge in [0, 0.05) is 11.6 Å². The van der Waals surface area contributed by atoms with Crippen molar-refractivity contribution >= 4 is 12.0 Å². The lowest BCUT2D eigenvalue weighted by Gasteiger charge is -2.10. The summed E-state index contributed by atoms with van der Waals surface area (Å²) in [6, 6.07) is 10.6. The van der Waals surface area contributed by atoms with Crippen molar-refractivity contribution in [3.05, 3.63) is 58.1 Å². The largest absolute Gasteiger partial charge is 0.493 e. The van der Waals surface area contributed by atoms with E-state index in [2.05, 4.69) is 0 Å². The molecule has 0 atom stereocenters. The number of ether oxygens (including phenoxy) is 2. The van der Waals surface area contributed by atoms with Gasteiger partial charge in [-0.25, -0.2) is 0 Å². The van der Waals surface area contributed by atoms with Gasteiger partial charge in [-0.2, -0.15) is 0 Å². The van der Waals surface area contributed by atoms with Gasteiger partial charge >= 0.3 is 0 Å². The number of hydrogen-bond acceptors (Lipinski definition) is 5. The molecule has 102 valence electrons. The van der Waals surface area contributed by atoms with Crippen LogP contribution in [0.4, 0.5) is 5.69 Å². The van der Waals surface area contributed by atoms with E-state index in [9.17, 15) is 14.9 Å². The van der Waals surface area contributed by atoms with Gasteiger partial charge in [0.15, 0.2) is 11.5 Å². The van der Waals surface area contributed by atoms with Crippen LogP contribution in [0, 0.1) is 10.1 Å². The van der Waals surface area contributed by atoms with Gasteiger partial charge in [-0.15, -0.1) is 0 Å². The van der Waals surface area contributed by atoms with E-state index in [1.807, 2.05) is 0 Å². The lowest BCUT2D eigenvalue weighted by atomic mass is 10.2. The Balaban J connectivity index is 2.27. The van der Waals surface area contributed by atoms with Gasteiger partial charge in [-0.05, 0) is 30.3 Å². The fourth-order valence-corrected chi connectivity index (χ4v) is 1.60. The van der Waals surface area contributed by atoms with Crippen LogP contribution in [0.5, 0.6) is 17.2 Å². The maximum absolute atomic E-state index is 10.7. The van der Waals surface area contributed by atoms with Crippen LogP contribution in [-0.4, -0.2) is 18.3 Å². The summed E-state index contributed by atoms with van der Waals surface area (Å²) in [5, 5.41) is 10.7. The highest BCUT2D eigenvalue weighted by molar-refractivity contribution is 5.74. The molecular formula is C14H11NO5. The molecule has 0 heterocycles. The minimum atomic E-state index is -0.509. The highest BCUT2D eigenvalue weighted by atomic mass is 16.6. The average Bonchev–Trinajstić information content (AvgIpc) is 2.48. The first kappa shape index (κ1) is 13.5. The van der Waals surface area contributed by atoms with Gasteiger partial charge in [-0.3, -0.25) is 14.9 Å². The molecule has 0 N–H and O–H groups in total. The SMILES string of the molecule is COc1cc([N+](=O)[O-])ccc1Oc1ccc(C=O)cc1. The van der Waals surface area contributed by atoms with Crippen LogP contribution >= 0.6 is 0 Å². The molecule has 0 bridgehead atoms. The summed E-state index contributed by atoms with van der Waals surface area (Å²) < 4.78 is 10.6. The Labute approximate surface area is 114 Å². The second kappa shape index (κ2) is 5.83. The molecule has 0 amide bonds. The number of rotatable bonds is 5. The van der Waals surface area contributed by atoms with Crippen LogP contribution in [0.2, 0.25) is 0 Å². The zero-order valence-electron chi connectivity index (χ0n) is 10.6. The molecule has 2 aromatic rings. The number of methoxy groups -OCH3 is 1. The summed E-state index contributed by atoms with van der Waals surface area (Å²) in [5.74, 6) is 1.12. The van der Waals surface area contributed by atoms with Crippen LogP contribution in [0.3, 0.4) is 0 Å². The van der Waals surface area contributed by atoms with Crippen molar-refractivity contribution in [1.82, 2.24) is 0 Å². The second-order valence-electron chi connectivity index (χ2n) is 3.88. The monoisotopic (exact) mass is 273 g/mol. The van der Waals surface area contributed by atoms with Crippen LogP contribution in [0.25, 0.3) is 0 Å². The molecule has 0 aromatic heterocycles. The number of benzene rings is 2. The minimum Gasteiger partial charge on any atom is -0.493 e. The van der Waals surface area contributed by atoms with E-state index < -0.39 is 4.92 Å². The zero-order valence-corrected chi connectivity index (χ0v) is 10.6. The number of nitro groups is 1. The van der Waals surface area contributed by atoms with Gasteiger partial charge in [0.25, 0.3) is 5.69 Å². The van der Waals surface area contributed by atoms with Crippen LogP contribution in [0.1, 0.15) is 10.4 Å². The highest BCUT2D eigenvalue weighted by Gasteiger charge is 2.12. The Morgan fingerprint density at radius 1 is 1.10 bits per heavy atom. The van der Waals surface area contributed by atoms with Crippen LogP contribution in [-0.2, 0) is 0 Å². The number of carbonyl (C=O) groups excluding carboxylic acids is 1. The normalized spacial score (nSPS) is 9.85. The predicted molar refractivity (Wildman–Crippen MR) is 71.6 cm³/mol. The predicted octanol–water partition coefficient (Wildman–Crippen LogP) is 3.21. The molecule has 6 heteroatoms. The van der Waals surface area contributed by atoms with Crippen molar-refractivity contribution in [2.24, 2.45) is 0 Å². The Hall–Kier alpha value is -2.89. The molecular weight excluding hydrogens is 262 g/mol. The van der Waals surface area contributed by atoms with E-state index in [-0.39, 0.29) is 11.4 Å². The number of nitro benzene ring substituents is 1. The Morgan fingerprint density at radius 2 is 1.80 bits per heavy atom. The molecule has 0 saturated heterocycles. The third-order valence-corrected chi connectivity index (χ3v) is 2.60. The van der Waals surface area contributed by atoms with Gasteiger partial charge in [-0.1, -0.05) is 0 Å². The van der Waals surface area contributed by atoms with Gasteiger partial charge in [0.2, 0.25) is 0 Å². The summed E-state index contributed by atoms with van der Waals surface area (Å²) >= 11 is 0. The summed E-state index contributed by atoms with van der Waals surface area (Å²) in [6.07, 6.45) is 0.732. The van der Waals surface area contributed by atoms with E-state index in [0.717, 1.165) is 6.29 Å². The van der Waals surface area contributed by atoms with Gasteiger partial charge < -0.3 is 9.47 Å². The molecule has 2 rings (SSSR count). The third kappa shape index (κ3) is 2.92. The second-order valence-corrected chi connectivity index (χ2v) is 3.88. The molecule has 20 heavy (non-hydrogen) atoms. The molecule has 0 unspecified atom stereocenters. The van der Waals surface area contributed by atoms with Crippen LogP contribution < -0.4 is 9.47 Å². The van der Waals surface area contributed by atoms with Crippen molar-refractivity contribution in [3.63, 3.8) is 0 Å². The fraction of sp³-hybridized carbons (Fsp3) is 0.0714. The Morgan fingerprint density at radius 3 is 2.35 bits per heavy atom. The van der Waals surface area contributed by atoms with Crippen LogP contribution in [0.15, 0.2) is 42.5 Å². The first-order valence-electron chi connectivity index (χ1n) is 5.69. The summed E-state index contributed by atoms with van der Waals surface area (Å²) in [7, 11) is 1.40. The number of carbonyl (C=O) groups is 1.